The van der Waals surface area contributed by atoms with Crippen molar-refractivity contribution in [1.29, 1.82) is 0 Å². The predicted molar refractivity (Wildman–Crippen MR) is 346 cm³/mol. The summed E-state index contributed by atoms with van der Waals surface area (Å²) in [5.41, 5.74) is 1.58. The van der Waals surface area contributed by atoms with Crippen LogP contribution in [-0.2, 0) is 57.9 Å². The molecule has 0 aliphatic carbocycles. The molecule has 2 amide bonds. The van der Waals surface area contributed by atoms with Crippen LogP contribution in [0.5, 0.6) is 0 Å². The van der Waals surface area contributed by atoms with E-state index >= 15 is 0 Å². The minimum Gasteiger partial charge on any atom is -0.374 e. The fraction of sp³-hybridized carbons (Fsp3) is 0.750. The molecule has 2 rings (SSSR count). The molecule has 0 saturated carbocycles. The largest absolute Gasteiger partial charge is 0.500 e. The van der Waals surface area contributed by atoms with Crippen molar-refractivity contribution < 1.29 is 62.7 Å². The van der Waals surface area contributed by atoms with Crippen LogP contribution in [0.3, 0.4) is 0 Å². The van der Waals surface area contributed by atoms with Gasteiger partial charge in [0.25, 0.3) is 0 Å². The standard InChI is InChI=1S/C28H56N2O7Si3.C18H43NO6Si2.C7H5NO.C3H9ClSi/c1-10-32-39(33-11-2,34-12-3)25-19-23-29(24-20-26-40(35-13-4,36-14-5)37-15-6)28(31)30(38(7,8)9)27-21-17-16-18-22-27;1-7-20-26(21-8-2,22-9-3)17-13-15-19-16-14-18-27(23-10-4,24-11-5)25-12-6;9-6-8-7-4-2-1-3-5-7;1-5(2,3)4/h16-18,21-22H,10-15,19-20,23-26H2,1-9H3;19H,7-18H2,1-6H3;1-5H;1-3H3. The fourth-order valence-electron chi connectivity index (χ4n) is 8.32. The lowest BCUT2D eigenvalue weighted by molar-refractivity contribution is 0.0688. The summed E-state index contributed by atoms with van der Waals surface area (Å²) in [5, 5.41) is 3.49. The highest BCUT2D eigenvalue weighted by Gasteiger charge is 2.43. The predicted octanol–water partition coefficient (Wildman–Crippen LogP) is 13.8. The van der Waals surface area contributed by atoms with E-state index in [2.05, 4.69) is 49.6 Å². The molecule has 0 aliphatic rings. The van der Waals surface area contributed by atoms with Crippen molar-refractivity contribution in [3.63, 3.8) is 0 Å². The molecule has 2 aromatic carbocycles. The van der Waals surface area contributed by atoms with Gasteiger partial charge in [0.1, 0.15) is 7.38 Å². The Labute approximate surface area is 503 Å². The molecule has 81 heavy (non-hydrogen) atoms. The number of hydrogen-bond donors (Lipinski definition) is 1. The first-order valence-corrected chi connectivity index (χ1v) is 45.6. The lowest BCUT2D eigenvalue weighted by Crippen LogP contribution is -2.56. The number of rotatable bonds is 43. The van der Waals surface area contributed by atoms with Gasteiger partial charge in [0.2, 0.25) is 6.08 Å². The number of aliphatic imine (C=N–C) groups is 1. The molecule has 0 unspecified atom stereocenters. The summed E-state index contributed by atoms with van der Waals surface area (Å²) in [5.74, 6) is 0. The van der Waals surface area contributed by atoms with Crippen LogP contribution in [0.1, 0.15) is 109 Å². The second-order valence-corrected chi connectivity index (χ2v) is 43.1. The number of para-hydroxylation sites is 2. The van der Waals surface area contributed by atoms with Gasteiger partial charge in [-0.25, -0.2) is 9.59 Å². The molecule has 0 saturated heterocycles. The van der Waals surface area contributed by atoms with Crippen LogP contribution >= 0.6 is 11.1 Å². The molecule has 0 atom stereocenters. The molecule has 18 nitrogen and oxygen atoms in total. The highest BCUT2D eigenvalue weighted by atomic mass is 35.6. The van der Waals surface area contributed by atoms with E-state index in [0.717, 1.165) is 56.5 Å². The molecular weight excluding hydrogens is 1160 g/mol. The number of carbonyl (C=O) groups is 1. The Balaban J connectivity index is 0. The van der Waals surface area contributed by atoms with E-state index in [1.165, 1.54) is 6.08 Å². The Bertz CT molecular complexity index is 1710. The maximum Gasteiger partial charge on any atom is 0.500 e. The second kappa shape index (κ2) is 48.3. The normalized spacial score (nSPS) is 12.0. The summed E-state index contributed by atoms with van der Waals surface area (Å²) < 4.78 is 73.8. The van der Waals surface area contributed by atoms with Crippen LogP contribution < -0.4 is 9.88 Å². The van der Waals surface area contributed by atoms with E-state index in [0.29, 0.717) is 110 Å². The molecule has 25 heteroatoms. The SMILES string of the molecule is CCO[Si](CCCN(CCC[Si](OCC)(OCC)OCC)C(=O)N(c1ccccc1)[Si](C)(C)C)(OCC)OCC.CCO[Si](CCCNCCC[Si](OCC)(OCC)OCC)(OCC)OCC.C[Si](C)(C)Cl.O=C=Nc1ccccc1. The van der Waals surface area contributed by atoms with Gasteiger partial charge in [-0.3, -0.25) is 0 Å². The van der Waals surface area contributed by atoms with Crippen LogP contribution in [0.4, 0.5) is 16.2 Å². The number of nitrogens with one attached hydrogen (secondary N) is 1. The third-order valence-corrected chi connectivity index (χ3v) is 25.3. The van der Waals surface area contributed by atoms with Gasteiger partial charge in [-0.2, -0.15) is 16.1 Å². The number of urea groups is 1. The van der Waals surface area contributed by atoms with Gasteiger partial charge < -0.3 is 67.9 Å². The molecule has 0 bridgehead atoms. The molecule has 0 heterocycles. The Morgan fingerprint density at radius 2 is 0.716 bits per heavy atom. The summed E-state index contributed by atoms with van der Waals surface area (Å²) >= 11 is 5.67. The van der Waals surface area contributed by atoms with Gasteiger partial charge in [0.15, 0.2) is 8.24 Å². The van der Waals surface area contributed by atoms with Crippen molar-refractivity contribution in [1.82, 2.24) is 10.2 Å². The lowest BCUT2D eigenvalue weighted by atomic mass is 10.3. The fourth-order valence-corrected chi connectivity index (χ4v) is 20.4. The first-order chi connectivity index (χ1) is 38.6. The Hall–Kier alpha value is -1.84. The first kappa shape index (κ1) is 81.2. The molecular formula is C56H113ClN4O14Si6. The molecule has 0 fully saturated rings. The quantitative estimate of drug-likeness (QED) is 0.0218. The molecule has 0 radical (unpaired) electrons. The van der Waals surface area contributed by atoms with Gasteiger partial charge >= 0.3 is 41.2 Å². The zero-order valence-electron chi connectivity index (χ0n) is 53.7. The molecule has 0 aliphatic heterocycles. The van der Waals surface area contributed by atoms with E-state index in [-0.39, 0.29) is 6.03 Å². The summed E-state index contributed by atoms with van der Waals surface area (Å²) in [7, 11) is -13.9. The van der Waals surface area contributed by atoms with Gasteiger partial charge in [-0.15, -0.1) is 0 Å². The van der Waals surface area contributed by atoms with Crippen LogP contribution in [0.15, 0.2) is 65.7 Å². The lowest BCUT2D eigenvalue weighted by Gasteiger charge is -2.39. The summed E-state index contributed by atoms with van der Waals surface area (Å²) in [4.78, 5) is 29.3. The van der Waals surface area contributed by atoms with E-state index in [1.54, 1.807) is 12.1 Å². The Morgan fingerprint density at radius 3 is 0.963 bits per heavy atom. The zero-order chi connectivity index (χ0) is 61.5. The number of anilines is 1. The Morgan fingerprint density at radius 1 is 0.457 bits per heavy atom. The third kappa shape index (κ3) is 38.0. The third-order valence-electron chi connectivity index (χ3n) is 10.9. The first-order valence-electron chi connectivity index (χ1n) is 29.9. The van der Waals surface area contributed by atoms with Crippen molar-refractivity contribution >= 4 is 85.4 Å². The molecule has 0 spiro atoms. The zero-order valence-corrected chi connectivity index (χ0v) is 60.4. The molecule has 1 N–H and O–H groups in total. The second-order valence-electron chi connectivity index (χ2n) is 19.8. The van der Waals surface area contributed by atoms with Crippen molar-refractivity contribution in [2.45, 2.75) is 172 Å². The van der Waals surface area contributed by atoms with Gasteiger partial charge in [-0.05, 0) is 146 Å². The summed E-state index contributed by atoms with van der Waals surface area (Å²) in [6.45, 7) is 46.5. The molecule has 0 aromatic heterocycles. The van der Waals surface area contributed by atoms with Crippen molar-refractivity contribution in [2.24, 2.45) is 4.99 Å². The topological polar surface area (TPSA) is 176 Å². The highest BCUT2D eigenvalue weighted by Crippen LogP contribution is 2.27. The minimum absolute atomic E-state index is 0.0263. The number of isocyanates is 1. The number of hydrogen-bond acceptors (Lipinski definition) is 16. The number of carbonyl (C=O) groups excluding carboxylic acids is 2. The highest BCUT2D eigenvalue weighted by molar-refractivity contribution is 7.18. The maximum absolute atomic E-state index is 14.3. The van der Waals surface area contributed by atoms with Gasteiger partial charge in [-0.1, -0.05) is 75.7 Å². The van der Waals surface area contributed by atoms with Crippen LogP contribution in [-0.4, -0.2) is 173 Å². The number of amides is 2. The van der Waals surface area contributed by atoms with Crippen molar-refractivity contribution in [2.75, 3.05) is 110 Å². The van der Waals surface area contributed by atoms with E-state index in [9.17, 15) is 9.59 Å². The maximum atomic E-state index is 14.3. The Kier molecular flexibility index (Phi) is 48.4. The molecule has 2 aromatic rings. The van der Waals surface area contributed by atoms with Crippen LogP contribution in [0.2, 0.25) is 63.5 Å². The molecule has 472 valence electrons. The van der Waals surface area contributed by atoms with Gasteiger partial charge in [0, 0.05) is 122 Å². The monoisotopic (exact) mass is 1270 g/mol. The van der Waals surface area contributed by atoms with E-state index in [4.69, 9.17) is 64.2 Å². The smallest absolute Gasteiger partial charge is 0.374 e. The van der Waals surface area contributed by atoms with Crippen LogP contribution in [0, 0.1) is 0 Å². The van der Waals surface area contributed by atoms with Gasteiger partial charge in [0.05, 0.1) is 5.69 Å². The average Bonchev–Trinajstić information content (AvgIpc) is 3.39. The minimum atomic E-state index is -2.81. The number of halogens is 1. The summed E-state index contributed by atoms with van der Waals surface area (Å²) in [6.07, 6.45) is 4.84. The van der Waals surface area contributed by atoms with Crippen LogP contribution in [0.25, 0.3) is 0 Å². The number of benzene rings is 2. The van der Waals surface area contributed by atoms with E-state index < -0.39 is 50.8 Å². The van der Waals surface area contributed by atoms with E-state index in [1.807, 2.05) is 141 Å². The summed E-state index contributed by atoms with van der Waals surface area (Å²) in [6, 6.07) is 22.0. The number of nitrogens with zero attached hydrogens (tertiary/aromatic N) is 3. The van der Waals surface area contributed by atoms with Crippen molar-refractivity contribution in [3.05, 3.63) is 60.7 Å². The average molecular weight is 1270 g/mol. The van der Waals surface area contributed by atoms with Crippen molar-refractivity contribution in [3.8, 4) is 0 Å².